The molecule has 0 saturated carbocycles. The zero-order chi connectivity index (χ0) is 16.9. The molecule has 0 fully saturated rings. The lowest BCUT2D eigenvalue weighted by Gasteiger charge is -2.02. The number of ketones is 1. The third-order valence-electron chi connectivity index (χ3n) is 3.19. The molecule has 0 amide bonds. The van der Waals surface area contributed by atoms with Gasteiger partial charge in [-0.15, -0.1) is 0 Å². The van der Waals surface area contributed by atoms with Crippen LogP contribution in [0, 0.1) is 5.82 Å². The Labute approximate surface area is 136 Å². The predicted octanol–water partition coefficient (Wildman–Crippen LogP) is 3.41. The number of rotatable bonds is 5. The van der Waals surface area contributed by atoms with Crippen molar-refractivity contribution in [2.24, 2.45) is 0 Å². The van der Waals surface area contributed by atoms with E-state index in [1.54, 1.807) is 12.1 Å². The zero-order valence-corrected chi connectivity index (χ0v) is 12.4. The third kappa shape index (κ3) is 3.55. The van der Waals surface area contributed by atoms with Crippen LogP contribution in [0.1, 0.15) is 16.2 Å². The van der Waals surface area contributed by atoms with E-state index in [1.807, 2.05) is 12.1 Å². The average molecular weight is 325 g/mol. The summed E-state index contributed by atoms with van der Waals surface area (Å²) in [5.41, 5.74) is 1.15. The van der Waals surface area contributed by atoms with Gasteiger partial charge in [0, 0.05) is 12.2 Å². The summed E-state index contributed by atoms with van der Waals surface area (Å²) in [6, 6.07) is 12.7. The largest absolute Gasteiger partial charge is 0.454 e. The molecule has 0 atom stereocenters. The number of fused-ring (bicyclic) bond motifs is 1. The molecule has 120 valence electrons. The molecule has 0 saturated heterocycles. The quantitative estimate of drug-likeness (QED) is 0.408. The first-order valence-corrected chi connectivity index (χ1v) is 7.11. The number of carbonyl (C=O) groups excluding carboxylic acids is 2. The zero-order valence-electron chi connectivity index (χ0n) is 12.4. The van der Waals surface area contributed by atoms with Crippen molar-refractivity contribution in [3.8, 4) is 0 Å². The van der Waals surface area contributed by atoms with E-state index in [1.165, 1.54) is 30.3 Å². The summed E-state index contributed by atoms with van der Waals surface area (Å²) in [4.78, 5) is 27.6. The number of hydrogen-bond acceptors (Lipinski definition) is 5. The van der Waals surface area contributed by atoms with E-state index in [2.05, 4.69) is 4.98 Å². The van der Waals surface area contributed by atoms with E-state index in [0.717, 1.165) is 6.08 Å². The molecule has 0 bridgehead atoms. The summed E-state index contributed by atoms with van der Waals surface area (Å²) in [6.07, 6.45) is 2.44. The molecular weight excluding hydrogens is 313 g/mol. The summed E-state index contributed by atoms with van der Waals surface area (Å²) < 4.78 is 23.6. The second-order valence-electron chi connectivity index (χ2n) is 4.86. The monoisotopic (exact) mass is 325 g/mol. The van der Waals surface area contributed by atoms with Crippen LogP contribution in [0.25, 0.3) is 17.2 Å². The molecule has 24 heavy (non-hydrogen) atoms. The number of Topliss-reactive ketones (excluding diaryl/α,β-unsaturated/α-hetero) is 1. The Morgan fingerprint density at radius 2 is 1.88 bits per heavy atom. The number of oxazole rings is 1. The molecule has 3 rings (SSSR count). The van der Waals surface area contributed by atoms with E-state index < -0.39 is 24.2 Å². The predicted molar refractivity (Wildman–Crippen MR) is 84.7 cm³/mol. The Morgan fingerprint density at radius 3 is 2.67 bits per heavy atom. The molecule has 5 nitrogen and oxygen atoms in total. The molecule has 3 aromatic rings. The lowest BCUT2D eigenvalue weighted by atomic mass is 10.1. The van der Waals surface area contributed by atoms with Gasteiger partial charge in [-0.25, -0.2) is 14.2 Å². The van der Waals surface area contributed by atoms with Crippen LogP contribution >= 0.6 is 0 Å². The molecule has 0 N–H and O–H groups in total. The molecule has 6 heteroatoms. The minimum atomic E-state index is -0.748. The van der Waals surface area contributed by atoms with Crippen molar-refractivity contribution in [3.05, 3.63) is 71.9 Å². The molecule has 1 heterocycles. The SMILES string of the molecule is O=C(/C=C/c1nc2ccccc2o1)OCC(=O)c1ccccc1F. The van der Waals surface area contributed by atoms with Gasteiger partial charge >= 0.3 is 5.97 Å². The standard InChI is InChI=1S/C18H12FNO4/c19-13-6-2-1-5-12(13)15(21)11-23-18(22)10-9-17-20-14-7-3-4-8-16(14)24-17/h1-10H,11H2/b10-9+. The van der Waals surface area contributed by atoms with Crippen LogP contribution in [0.15, 0.2) is 59.0 Å². The van der Waals surface area contributed by atoms with Crippen LogP contribution in [0.3, 0.4) is 0 Å². The Balaban J connectivity index is 1.59. The normalized spacial score (nSPS) is 11.0. The molecule has 0 aliphatic carbocycles. The highest BCUT2D eigenvalue weighted by molar-refractivity contribution is 5.99. The average Bonchev–Trinajstić information content (AvgIpc) is 3.01. The van der Waals surface area contributed by atoms with Crippen LogP contribution < -0.4 is 0 Å². The number of halogens is 1. The van der Waals surface area contributed by atoms with Crippen molar-refractivity contribution in [1.82, 2.24) is 4.98 Å². The van der Waals surface area contributed by atoms with Crippen LogP contribution in [-0.4, -0.2) is 23.3 Å². The number of carbonyl (C=O) groups is 2. The number of hydrogen-bond donors (Lipinski definition) is 0. The van der Waals surface area contributed by atoms with Crippen molar-refractivity contribution in [2.75, 3.05) is 6.61 Å². The highest BCUT2D eigenvalue weighted by atomic mass is 19.1. The highest BCUT2D eigenvalue weighted by Gasteiger charge is 2.12. The first-order chi connectivity index (χ1) is 11.6. The maximum atomic E-state index is 13.4. The van der Waals surface area contributed by atoms with Crippen molar-refractivity contribution in [3.63, 3.8) is 0 Å². The topological polar surface area (TPSA) is 69.4 Å². The Bertz CT molecular complexity index is 896. The van der Waals surface area contributed by atoms with E-state index >= 15 is 0 Å². The Hall–Kier alpha value is -3.28. The second-order valence-corrected chi connectivity index (χ2v) is 4.86. The fraction of sp³-hybridized carbons (Fsp3) is 0.0556. The third-order valence-corrected chi connectivity index (χ3v) is 3.19. The molecule has 0 aliphatic rings. The van der Waals surface area contributed by atoms with Crippen molar-refractivity contribution in [2.45, 2.75) is 0 Å². The molecular formula is C18H12FNO4. The van der Waals surface area contributed by atoms with Crippen LogP contribution in [0.2, 0.25) is 0 Å². The van der Waals surface area contributed by atoms with Crippen molar-refractivity contribution >= 4 is 28.9 Å². The molecule has 0 unspecified atom stereocenters. The molecule has 2 aromatic carbocycles. The number of nitrogens with zero attached hydrogens (tertiary/aromatic N) is 1. The molecule has 0 radical (unpaired) electrons. The number of aromatic nitrogens is 1. The number of benzene rings is 2. The van der Waals surface area contributed by atoms with E-state index in [4.69, 9.17) is 9.15 Å². The van der Waals surface area contributed by atoms with Gasteiger partial charge in [-0.2, -0.15) is 0 Å². The second kappa shape index (κ2) is 6.87. The Morgan fingerprint density at radius 1 is 1.12 bits per heavy atom. The Kier molecular flexibility index (Phi) is 4.47. The van der Waals surface area contributed by atoms with Gasteiger partial charge in [0.05, 0.1) is 5.56 Å². The van der Waals surface area contributed by atoms with Gasteiger partial charge in [0.2, 0.25) is 11.7 Å². The summed E-state index contributed by atoms with van der Waals surface area (Å²) in [5.74, 6) is -1.77. The molecule has 1 aromatic heterocycles. The number of esters is 1. The van der Waals surface area contributed by atoms with Gasteiger partial charge in [-0.3, -0.25) is 4.79 Å². The first kappa shape index (κ1) is 15.6. The van der Waals surface area contributed by atoms with Gasteiger partial charge in [0.1, 0.15) is 11.3 Å². The van der Waals surface area contributed by atoms with Gasteiger partial charge in [0.15, 0.2) is 12.2 Å². The summed E-state index contributed by atoms with van der Waals surface area (Å²) in [7, 11) is 0. The van der Waals surface area contributed by atoms with Crippen LogP contribution in [0.5, 0.6) is 0 Å². The van der Waals surface area contributed by atoms with E-state index in [0.29, 0.717) is 11.1 Å². The van der Waals surface area contributed by atoms with Gasteiger partial charge in [-0.05, 0) is 24.3 Å². The van der Waals surface area contributed by atoms with Crippen molar-refractivity contribution in [1.29, 1.82) is 0 Å². The molecule has 0 aliphatic heterocycles. The lowest BCUT2D eigenvalue weighted by Crippen LogP contribution is -2.13. The minimum Gasteiger partial charge on any atom is -0.454 e. The smallest absolute Gasteiger partial charge is 0.331 e. The van der Waals surface area contributed by atoms with Gasteiger partial charge < -0.3 is 9.15 Å². The number of para-hydroxylation sites is 2. The lowest BCUT2D eigenvalue weighted by molar-refractivity contribution is -0.136. The fourth-order valence-corrected chi connectivity index (χ4v) is 2.05. The fourth-order valence-electron chi connectivity index (χ4n) is 2.05. The van der Waals surface area contributed by atoms with Crippen molar-refractivity contribution < 1.29 is 23.1 Å². The maximum Gasteiger partial charge on any atom is 0.331 e. The maximum absolute atomic E-state index is 13.4. The van der Waals surface area contributed by atoms with E-state index in [9.17, 15) is 14.0 Å². The highest BCUT2D eigenvalue weighted by Crippen LogP contribution is 2.15. The van der Waals surface area contributed by atoms with Crippen LogP contribution in [0.4, 0.5) is 4.39 Å². The van der Waals surface area contributed by atoms with Gasteiger partial charge in [-0.1, -0.05) is 24.3 Å². The van der Waals surface area contributed by atoms with Crippen LogP contribution in [-0.2, 0) is 9.53 Å². The van der Waals surface area contributed by atoms with Gasteiger partial charge in [0.25, 0.3) is 0 Å². The number of ether oxygens (including phenoxy) is 1. The van der Waals surface area contributed by atoms with E-state index in [-0.39, 0.29) is 11.5 Å². The minimum absolute atomic E-state index is 0.117. The summed E-state index contributed by atoms with van der Waals surface area (Å²) in [6.45, 7) is -0.544. The summed E-state index contributed by atoms with van der Waals surface area (Å²) >= 11 is 0. The summed E-state index contributed by atoms with van der Waals surface area (Å²) in [5, 5.41) is 0. The molecule has 0 spiro atoms. The first-order valence-electron chi connectivity index (χ1n) is 7.11.